The van der Waals surface area contributed by atoms with E-state index in [2.05, 4.69) is 5.32 Å². The van der Waals surface area contributed by atoms with Gasteiger partial charge in [-0.1, -0.05) is 12.1 Å². The number of benzene rings is 1. The molecule has 6 heteroatoms. The van der Waals surface area contributed by atoms with E-state index in [0.29, 0.717) is 16.2 Å². The minimum atomic E-state index is -1.09. The molecule has 0 radical (unpaired) electrons. The van der Waals surface area contributed by atoms with E-state index < -0.39 is 12.0 Å². The quantitative estimate of drug-likeness (QED) is 0.873. The molecule has 0 bridgehead atoms. The number of carboxylic acids is 1. The number of hydrogen-bond donors (Lipinski definition) is 2. The second kappa shape index (κ2) is 7.05. The molecule has 24 heavy (non-hydrogen) atoms. The fraction of sp³-hybridized carbons (Fsp3) is 0.333. The number of nitrogens with one attached hydrogen (secondary N) is 1. The molecule has 2 N–H and O–H groups in total. The van der Waals surface area contributed by atoms with E-state index in [1.54, 1.807) is 31.4 Å². The third-order valence-corrected chi connectivity index (χ3v) is 5.43. The lowest BCUT2D eigenvalue weighted by Crippen LogP contribution is -2.33. The van der Waals surface area contributed by atoms with Gasteiger partial charge in [0.25, 0.3) is 5.91 Å². The Morgan fingerprint density at radius 1 is 1.21 bits per heavy atom. The van der Waals surface area contributed by atoms with Gasteiger partial charge in [-0.05, 0) is 55.0 Å². The SMILES string of the molecule is COc1ccc(C(NC(=O)c2cc3c(s2)CCCC3)C(=O)O)cc1. The van der Waals surface area contributed by atoms with Gasteiger partial charge in [-0.15, -0.1) is 11.3 Å². The molecule has 0 saturated carbocycles. The van der Waals surface area contributed by atoms with Crippen molar-refractivity contribution < 1.29 is 19.4 Å². The van der Waals surface area contributed by atoms with Crippen LogP contribution in [0.4, 0.5) is 0 Å². The minimum absolute atomic E-state index is 0.336. The van der Waals surface area contributed by atoms with E-state index in [0.717, 1.165) is 25.7 Å². The highest BCUT2D eigenvalue weighted by Gasteiger charge is 2.24. The third kappa shape index (κ3) is 3.43. The predicted octanol–water partition coefficient (Wildman–Crippen LogP) is 3.19. The van der Waals surface area contributed by atoms with Gasteiger partial charge in [0.2, 0.25) is 0 Å². The van der Waals surface area contributed by atoms with Gasteiger partial charge in [0.1, 0.15) is 5.75 Å². The van der Waals surface area contributed by atoms with Gasteiger partial charge in [0.05, 0.1) is 12.0 Å². The molecule has 1 unspecified atom stereocenters. The van der Waals surface area contributed by atoms with Gasteiger partial charge in [-0.2, -0.15) is 0 Å². The largest absolute Gasteiger partial charge is 0.497 e. The number of carbonyl (C=O) groups excluding carboxylic acids is 1. The monoisotopic (exact) mass is 345 g/mol. The molecule has 5 nitrogen and oxygen atoms in total. The molecule has 0 spiro atoms. The van der Waals surface area contributed by atoms with Crippen molar-refractivity contribution in [1.29, 1.82) is 0 Å². The number of thiophene rings is 1. The summed E-state index contributed by atoms with van der Waals surface area (Å²) in [4.78, 5) is 25.9. The van der Waals surface area contributed by atoms with Crippen molar-refractivity contribution in [3.05, 3.63) is 51.2 Å². The van der Waals surface area contributed by atoms with Crippen LogP contribution in [0.2, 0.25) is 0 Å². The smallest absolute Gasteiger partial charge is 0.330 e. The Bertz CT molecular complexity index is 727. The van der Waals surface area contributed by atoms with Gasteiger partial charge in [0.15, 0.2) is 6.04 Å². The van der Waals surface area contributed by atoms with Crippen molar-refractivity contribution >= 4 is 23.2 Å². The van der Waals surface area contributed by atoms with Gasteiger partial charge in [0, 0.05) is 4.88 Å². The van der Waals surface area contributed by atoms with Crippen LogP contribution in [0.5, 0.6) is 5.75 Å². The summed E-state index contributed by atoms with van der Waals surface area (Å²) < 4.78 is 5.07. The van der Waals surface area contributed by atoms with Crippen molar-refractivity contribution in [2.24, 2.45) is 0 Å². The fourth-order valence-electron chi connectivity index (χ4n) is 2.89. The van der Waals surface area contributed by atoms with Gasteiger partial charge >= 0.3 is 5.97 Å². The Balaban J connectivity index is 1.78. The molecule has 0 fully saturated rings. The molecular weight excluding hydrogens is 326 g/mol. The number of carboxylic acid groups (broad SMARTS) is 1. The molecule has 1 aliphatic carbocycles. The van der Waals surface area contributed by atoms with Crippen LogP contribution in [0.25, 0.3) is 0 Å². The van der Waals surface area contributed by atoms with Crippen molar-refractivity contribution in [1.82, 2.24) is 5.32 Å². The Morgan fingerprint density at radius 3 is 2.54 bits per heavy atom. The molecule has 2 aromatic rings. The van der Waals surface area contributed by atoms with E-state index in [-0.39, 0.29) is 5.91 Å². The summed E-state index contributed by atoms with van der Waals surface area (Å²) >= 11 is 1.47. The summed E-state index contributed by atoms with van der Waals surface area (Å²) in [6.45, 7) is 0. The number of methoxy groups -OCH3 is 1. The highest BCUT2D eigenvalue weighted by molar-refractivity contribution is 7.14. The molecule has 1 aliphatic rings. The lowest BCUT2D eigenvalue weighted by Gasteiger charge is -2.14. The van der Waals surface area contributed by atoms with Crippen molar-refractivity contribution in [3.63, 3.8) is 0 Å². The zero-order valence-electron chi connectivity index (χ0n) is 13.4. The number of ether oxygens (including phenoxy) is 1. The average molecular weight is 345 g/mol. The molecule has 3 rings (SSSR count). The number of rotatable bonds is 5. The number of aryl methyl sites for hydroxylation is 2. The summed E-state index contributed by atoms with van der Waals surface area (Å²) in [6, 6.07) is 7.49. The molecule has 1 aromatic carbocycles. The molecule has 1 aromatic heterocycles. The van der Waals surface area contributed by atoms with Crippen LogP contribution in [-0.2, 0) is 17.6 Å². The van der Waals surface area contributed by atoms with E-state index in [4.69, 9.17) is 4.74 Å². The van der Waals surface area contributed by atoms with Crippen LogP contribution in [0.1, 0.15) is 44.6 Å². The average Bonchev–Trinajstić information content (AvgIpc) is 3.03. The molecular formula is C18H19NO4S. The Kier molecular flexibility index (Phi) is 4.85. The van der Waals surface area contributed by atoms with E-state index in [1.807, 2.05) is 6.07 Å². The third-order valence-electron chi connectivity index (χ3n) is 4.19. The van der Waals surface area contributed by atoms with Crippen LogP contribution in [0.15, 0.2) is 30.3 Å². The van der Waals surface area contributed by atoms with E-state index in [9.17, 15) is 14.7 Å². The normalized spacial score (nSPS) is 14.5. The molecule has 1 heterocycles. The van der Waals surface area contributed by atoms with Crippen molar-refractivity contribution in [2.45, 2.75) is 31.7 Å². The molecule has 126 valence electrons. The Hall–Kier alpha value is -2.34. The maximum Gasteiger partial charge on any atom is 0.330 e. The fourth-order valence-corrected chi connectivity index (χ4v) is 4.05. The number of amides is 1. The lowest BCUT2D eigenvalue weighted by molar-refractivity contribution is -0.139. The number of aliphatic carboxylic acids is 1. The van der Waals surface area contributed by atoms with Crippen LogP contribution >= 0.6 is 11.3 Å². The summed E-state index contributed by atoms with van der Waals surface area (Å²) in [5, 5.41) is 12.1. The highest BCUT2D eigenvalue weighted by Crippen LogP contribution is 2.30. The van der Waals surface area contributed by atoms with Crippen LogP contribution < -0.4 is 10.1 Å². The maximum atomic E-state index is 12.5. The first-order chi connectivity index (χ1) is 11.6. The van der Waals surface area contributed by atoms with Gasteiger partial charge in [-0.3, -0.25) is 4.79 Å². The van der Waals surface area contributed by atoms with Crippen molar-refractivity contribution in [2.75, 3.05) is 7.11 Å². The predicted molar refractivity (Wildman–Crippen MR) is 91.8 cm³/mol. The van der Waals surface area contributed by atoms with Crippen LogP contribution in [-0.4, -0.2) is 24.1 Å². The summed E-state index contributed by atoms with van der Waals surface area (Å²) in [5.74, 6) is -0.785. The first kappa shape index (κ1) is 16.5. The summed E-state index contributed by atoms with van der Waals surface area (Å²) in [6.07, 6.45) is 4.31. The second-order valence-corrected chi connectivity index (χ2v) is 6.92. The van der Waals surface area contributed by atoms with E-state index >= 15 is 0 Å². The Labute approximate surface area is 144 Å². The highest BCUT2D eigenvalue weighted by atomic mass is 32.1. The lowest BCUT2D eigenvalue weighted by atomic mass is 9.99. The van der Waals surface area contributed by atoms with Crippen molar-refractivity contribution in [3.8, 4) is 5.75 Å². The molecule has 0 aliphatic heterocycles. The van der Waals surface area contributed by atoms with Crippen LogP contribution in [0.3, 0.4) is 0 Å². The molecule has 1 atom stereocenters. The minimum Gasteiger partial charge on any atom is -0.497 e. The number of hydrogen-bond acceptors (Lipinski definition) is 4. The second-order valence-electron chi connectivity index (χ2n) is 5.78. The zero-order valence-corrected chi connectivity index (χ0v) is 14.2. The zero-order chi connectivity index (χ0) is 17.1. The first-order valence-corrected chi connectivity index (χ1v) is 8.69. The summed E-state index contributed by atoms with van der Waals surface area (Å²) in [7, 11) is 1.55. The topological polar surface area (TPSA) is 75.6 Å². The standard InChI is InChI=1S/C18H19NO4S/c1-23-13-8-6-11(7-9-13)16(18(21)22)19-17(20)15-10-12-4-2-3-5-14(12)24-15/h6-10,16H,2-5H2,1H3,(H,19,20)(H,21,22). The first-order valence-electron chi connectivity index (χ1n) is 7.87. The van der Waals surface area contributed by atoms with Crippen LogP contribution in [0, 0.1) is 0 Å². The van der Waals surface area contributed by atoms with Gasteiger partial charge < -0.3 is 15.2 Å². The Morgan fingerprint density at radius 2 is 1.92 bits per heavy atom. The number of carbonyl (C=O) groups is 2. The van der Waals surface area contributed by atoms with Gasteiger partial charge in [-0.25, -0.2) is 4.79 Å². The maximum absolute atomic E-state index is 12.5. The summed E-state index contributed by atoms with van der Waals surface area (Å²) in [5.41, 5.74) is 1.74. The molecule has 1 amide bonds. The molecule has 0 saturated heterocycles. The van der Waals surface area contributed by atoms with E-state index in [1.165, 1.54) is 21.8 Å². The number of fused-ring (bicyclic) bond motifs is 1.